The van der Waals surface area contributed by atoms with Crippen LogP contribution in [0.1, 0.15) is 19.4 Å². The molecule has 154 valence electrons. The molecule has 3 aromatic carbocycles. The minimum atomic E-state index is 0.477. The van der Waals surface area contributed by atoms with Crippen LogP contribution < -0.4 is 5.32 Å². The maximum Gasteiger partial charge on any atom is 0.229 e. The number of hydrogen-bond donors (Lipinski definition) is 1. The Balaban J connectivity index is 2.07. The first kappa shape index (κ1) is 21.9. The molecule has 0 unspecified atom stereocenters. The van der Waals surface area contributed by atoms with Gasteiger partial charge in [-0.1, -0.05) is 53.5 Å². The first-order valence-corrected chi connectivity index (χ1v) is 10.6. The SMILES string of the molecule is CCN(CC)/C(=N/C(=Nc1ccc(Cl)cc1)Nc1ccc(Cl)cc1)c1ccccc1. The fraction of sp³-hybridized carbons (Fsp3) is 0.167. The van der Waals surface area contributed by atoms with Gasteiger partial charge in [-0.05, 0) is 62.4 Å². The highest BCUT2D eigenvalue weighted by atomic mass is 35.5. The Labute approximate surface area is 187 Å². The molecular weight excluding hydrogens is 415 g/mol. The molecule has 0 bridgehead atoms. The molecule has 6 heteroatoms. The van der Waals surface area contributed by atoms with E-state index in [4.69, 9.17) is 33.2 Å². The van der Waals surface area contributed by atoms with Gasteiger partial charge in [-0.2, -0.15) is 4.99 Å². The maximum atomic E-state index is 6.03. The van der Waals surface area contributed by atoms with E-state index in [2.05, 4.69) is 36.2 Å². The number of nitrogens with zero attached hydrogens (tertiary/aromatic N) is 3. The first-order valence-electron chi connectivity index (χ1n) is 9.85. The van der Waals surface area contributed by atoms with Crippen LogP contribution in [0.4, 0.5) is 11.4 Å². The van der Waals surface area contributed by atoms with Gasteiger partial charge in [-0.3, -0.25) is 0 Å². The van der Waals surface area contributed by atoms with Gasteiger partial charge in [0, 0.05) is 34.4 Å². The van der Waals surface area contributed by atoms with Gasteiger partial charge in [-0.25, -0.2) is 4.99 Å². The van der Waals surface area contributed by atoms with Gasteiger partial charge in [0.25, 0.3) is 0 Å². The summed E-state index contributed by atoms with van der Waals surface area (Å²) >= 11 is 12.1. The van der Waals surface area contributed by atoms with Gasteiger partial charge in [0.15, 0.2) is 0 Å². The minimum Gasteiger partial charge on any atom is -0.357 e. The van der Waals surface area contributed by atoms with Crippen molar-refractivity contribution in [3.05, 3.63) is 94.5 Å². The summed E-state index contributed by atoms with van der Waals surface area (Å²) in [5.74, 6) is 1.33. The maximum absolute atomic E-state index is 6.03. The Bertz CT molecular complexity index is 994. The van der Waals surface area contributed by atoms with Gasteiger partial charge in [-0.15, -0.1) is 0 Å². The molecule has 0 aliphatic rings. The lowest BCUT2D eigenvalue weighted by molar-refractivity contribution is 0.467. The lowest BCUT2D eigenvalue weighted by Gasteiger charge is -2.23. The Morgan fingerprint density at radius 3 is 1.93 bits per heavy atom. The lowest BCUT2D eigenvalue weighted by Crippen LogP contribution is -2.33. The zero-order valence-electron chi connectivity index (χ0n) is 17.0. The van der Waals surface area contributed by atoms with E-state index in [0.717, 1.165) is 35.9 Å². The highest BCUT2D eigenvalue weighted by Gasteiger charge is 2.12. The summed E-state index contributed by atoms with van der Waals surface area (Å²) in [6.07, 6.45) is 0. The quantitative estimate of drug-likeness (QED) is 0.348. The molecule has 0 fully saturated rings. The standard InChI is InChI=1S/C24H24Cl2N4/c1-3-30(4-2)23(18-8-6-5-7-9-18)29-24(27-21-14-10-19(25)11-15-21)28-22-16-12-20(26)13-17-22/h5-17H,3-4H2,1-2H3,(H,27,28)/b29-23+. The fourth-order valence-electron chi connectivity index (χ4n) is 2.91. The second-order valence-corrected chi connectivity index (χ2v) is 7.39. The number of halogens is 2. The summed E-state index contributed by atoms with van der Waals surface area (Å²) in [5.41, 5.74) is 2.64. The van der Waals surface area contributed by atoms with Crippen LogP contribution in [0.3, 0.4) is 0 Å². The van der Waals surface area contributed by atoms with E-state index in [1.54, 1.807) is 0 Å². The highest BCUT2D eigenvalue weighted by Crippen LogP contribution is 2.19. The molecular formula is C24H24Cl2N4. The molecule has 0 aliphatic carbocycles. The molecule has 1 N–H and O–H groups in total. The van der Waals surface area contributed by atoms with E-state index in [-0.39, 0.29) is 0 Å². The first-order chi connectivity index (χ1) is 14.6. The number of hydrogen-bond acceptors (Lipinski definition) is 1. The molecule has 0 aliphatic heterocycles. The highest BCUT2D eigenvalue weighted by molar-refractivity contribution is 6.31. The van der Waals surface area contributed by atoms with Crippen molar-refractivity contribution in [2.75, 3.05) is 18.4 Å². The fourth-order valence-corrected chi connectivity index (χ4v) is 3.16. The van der Waals surface area contributed by atoms with Gasteiger partial charge in [0.1, 0.15) is 5.84 Å². The van der Waals surface area contributed by atoms with Crippen LogP contribution in [-0.2, 0) is 0 Å². The molecule has 0 aromatic heterocycles. The van der Waals surface area contributed by atoms with Gasteiger partial charge < -0.3 is 10.2 Å². The molecule has 0 saturated carbocycles. The molecule has 3 rings (SSSR count). The summed E-state index contributed by atoms with van der Waals surface area (Å²) < 4.78 is 0. The zero-order valence-corrected chi connectivity index (χ0v) is 18.5. The van der Waals surface area contributed by atoms with Gasteiger partial charge in [0.05, 0.1) is 5.69 Å². The summed E-state index contributed by atoms with van der Waals surface area (Å²) in [4.78, 5) is 11.9. The third kappa shape index (κ3) is 6.09. The van der Waals surface area contributed by atoms with Crippen molar-refractivity contribution in [2.45, 2.75) is 13.8 Å². The van der Waals surface area contributed by atoms with Crippen LogP contribution >= 0.6 is 23.2 Å². The third-order valence-electron chi connectivity index (χ3n) is 4.47. The van der Waals surface area contributed by atoms with E-state index in [1.807, 2.05) is 66.7 Å². The van der Waals surface area contributed by atoms with Gasteiger partial charge >= 0.3 is 0 Å². The monoisotopic (exact) mass is 438 g/mol. The van der Waals surface area contributed by atoms with Crippen LogP contribution in [0.5, 0.6) is 0 Å². The summed E-state index contributed by atoms with van der Waals surface area (Å²) in [7, 11) is 0. The van der Waals surface area contributed by atoms with Crippen molar-refractivity contribution in [1.29, 1.82) is 0 Å². The van der Waals surface area contributed by atoms with Crippen LogP contribution in [0.15, 0.2) is 88.8 Å². The second-order valence-electron chi connectivity index (χ2n) is 6.52. The number of rotatable bonds is 5. The Morgan fingerprint density at radius 1 is 0.800 bits per heavy atom. The molecule has 3 aromatic rings. The number of guanidine groups is 1. The van der Waals surface area contributed by atoms with Crippen molar-refractivity contribution in [2.24, 2.45) is 9.98 Å². The van der Waals surface area contributed by atoms with E-state index in [0.29, 0.717) is 16.0 Å². The van der Waals surface area contributed by atoms with E-state index < -0.39 is 0 Å². The summed E-state index contributed by atoms with van der Waals surface area (Å²) in [6.45, 7) is 5.90. The minimum absolute atomic E-state index is 0.477. The number of nitrogens with one attached hydrogen (secondary N) is 1. The Hall–Kier alpha value is -2.82. The molecule has 0 spiro atoms. The van der Waals surface area contributed by atoms with Crippen LogP contribution in [0.25, 0.3) is 0 Å². The Morgan fingerprint density at radius 2 is 1.37 bits per heavy atom. The topological polar surface area (TPSA) is 40.0 Å². The zero-order chi connectivity index (χ0) is 21.3. The largest absolute Gasteiger partial charge is 0.357 e. The van der Waals surface area contributed by atoms with Gasteiger partial charge in [0.2, 0.25) is 5.96 Å². The van der Waals surface area contributed by atoms with E-state index in [1.165, 1.54) is 0 Å². The average molecular weight is 439 g/mol. The molecule has 0 saturated heterocycles. The van der Waals surface area contributed by atoms with Crippen molar-refractivity contribution >= 4 is 46.4 Å². The molecule has 30 heavy (non-hydrogen) atoms. The Kier molecular flexibility index (Phi) is 7.89. The smallest absolute Gasteiger partial charge is 0.229 e. The van der Waals surface area contributed by atoms with Crippen LogP contribution in [-0.4, -0.2) is 29.8 Å². The summed E-state index contributed by atoms with van der Waals surface area (Å²) in [5, 5.41) is 4.66. The van der Waals surface area contributed by atoms with Crippen molar-refractivity contribution in [1.82, 2.24) is 4.90 Å². The normalized spacial score (nSPS) is 12.0. The number of aliphatic imine (C=N–C) groups is 2. The molecule has 0 radical (unpaired) electrons. The molecule has 0 amide bonds. The van der Waals surface area contributed by atoms with E-state index in [9.17, 15) is 0 Å². The summed E-state index contributed by atoms with van der Waals surface area (Å²) in [6, 6.07) is 24.9. The second kappa shape index (κ2) is 10.8. The van der Waals surface area contributed by atoms with Crippen LogP contribution in [0.2, 0.25) is 10.0 Å². The predicted molar refractivity (Wildman–Crippen MR) is 130 cm³/mol. The molecule has 0 atom stereocenters. The molecule has 0 heterocycles. The van der Waals surface area contributed by atoms with Crippen molar-refractivity contribution < 1.29 is 0 Å². The predicted octanol–water partition coefficient (Wildman–Crippen LogP) is 6.88. The van der Waals surface area contributed by atoms with E-state index >= 15 is 0 Å². The molecule has 4 nitrogen and oxygen atoms in total. The van der Waals surface area contributed by atoms with Crippen molar-refractivity contribution in [3.63, 3.8) is 0 Å². The van der Waals surface area contributed by atoms with Crippen LogP contribution in [0, 0.1) is 0 Å². The van der Waals surface area contributed by atoms with Crippen molar-refractivity contribution in [3.8, 4) is 0 Å². The number of anilines is 1. The lowest BCUT2D eigenvalue weighted by atomic mass is 10.2. The average Bonchev–Trinajstić information content (AvgIpc) is 2.77. The number of benzene rings is 3. The number of amidine groups is 1. The third-order valence-corrected chi connectivity index (χ3v) is 4.97.